The molecular weight excluding hydrogens is 252 g/mol. The molecule has 0 spiro atoms. The minimum Gasteiger partial charge on any atom is -0.273 e. The average molecular weight is 274 g/mol. The highest BCUT2D eigenvalue weighted by molar-refractivity contribution is 5.95. The standard InChI is InChI=1S/C16H22N2O2/c1-11(2)9-15(19)17-18-16(20)14-8-7-12-5-3-4-6-13(12)10-14/h7-8,10-11H,3-6,9H2,1-2H3,(H,17,19)(H,18,20). The minimum absolute atomic E-state index is 0.161. The second kappa shape index (κ2) is 6.55. The molecule has 0 aliphatic heterocycles. The monoisotopic (exact) mass is 274 g/mol. The fourth-order valence-corrected chi connectivity index (χ4v) is 2.50. The molecule has 0 bridgehead atoms. The molecule has 1 aromatic carbocycles. The number of benzene rings is 1. The van der Waals surface area contributed by atoms with E-state index in [0.717, 1.165) is 12.8 Å². The second-order valence-corrected chi connectivity index (χ2v) is 5.79. The highest BCUT2D eigenvalue weighted by Gasteiger charge is 2.13. The summed E-state index contributed by atoms with van der Waals surface area (Å²) in [6.07, 6.45) is 4.95. The second-order valence-electron chi connectivity index (χ2n) is 5.79. The van der Waals surface area contributed by atoms with Crippen LogP contribution in [-0.2, 0) is 17.6 Å². The number of hydrazine groups is 1. The van der Waals surface area contributed by atoms with Crippen LogP contribution in [0, 0.1) is 5.92 Å². The summed E-state index contributed by atoms with van der Waals surface area (Å²) >= 11 is 0. The number of nitrogens with one attached hydrogen (secondary N) is 2. The molecule has 0 unspecified atom stereocenters. The number of carbonyl (C=O) groups is 2. The molecule has 0 fully saturated rings. The lowest BCUT2D eigenvalue weighted by Gasteiger charge is -2.16. The number of carbonyl (C=O) groups excluding carboxylic acids is 2. The number of hydrogen-bond donors (Lipinski definition) is 2. The van der Waals surface area contributed by atoms with E-state index < -0.39 is 0 Å². The van der Waals surface area contributed by atoms with E-state index in [2.05, 4.69) is 10.9 Å². The maximum absolute atomic E-state index is 12.0. The molecule has 4 nitrogen and oxygen atoms in total. The molecule has 1 aliphatic carbocycles. The number of fused-ring (bicyclic) bond motifs is 1. The van der Waals surface area contributed by atoms with Crippen molar-refractivity contribution in [1.82, 2.24) is 10.9 Å². The third-order valence-electron chi connectivity index (χ3n) is 3.52. The molecule has 4 heteroatoms. The highest BCUT2D eigenvalue weighted by atomic mass is 16.2. The molecule has 0 atom stereocenters. The van der Waals surface area contributed by atoms with Crippen LogP contribution < -0.4 is 10.9 Å². The molecule has 20 heavy (non-hydrogen) atoms. The van der Waals surface area contributed by atoms with Crippen molar-refractivity contribution >= 4 is 11.8 Å². The Kier molecular flexibility index (Phi) is 4.77. The van der Waals surface area contributed by atoms with Crippen molar-refractivity contribution in [2.24, 2.45) is 5.92 Å². The maximum Gasteiger partial charge on any atom is 0.269 e. The lowest BCUT2D eigenvalue weighted by molar-refractivity contribution is -0.122. The van der Waals surface area contributed by atoms with Crippen LogP contribution >= 0.6 is 0 Å². The molecule has 0 saturated heterocycles. The van der Waals surface area contributed by atoms with E-state index in [0.29, 0.717) is 12.0 Å². The summed E-state index contributed by atoms with van der Waals surface area (Å²) in [6, 6.07) is 5.80. The lowest BCUT2D eigenvalue weighted by Crippen LogP contribution is -2.42. The fraction of sp³-hybridized carbons (Fsp3) is 0.500. The van der Waals surface area contributed by atoms with Gasteiger partial charge >= 0.3 is 0 Å². The first-order valence-corrected chi connectivity index (χ1v) is 7.27. The lowest BCUT2D eigenvalue weighted by atomic mass is 9.90. The average Bonchev–Trinajstić information content (AvgIpc) is 2.43. The van der Waals surface area contributed by atoms with E-state index >= 15 is 0 Å². The van der Waals surface area contributed by atoms with E-state index in [1.54, 1.807) is 0 Å². The zero-order valence-electron chi connectivity index (χ0n) is 12.2. The van der Waals surface area contributed by atoms with Gasteiger partial charge < -0.3 is 0 Å². The van der Waals surface area contributed by atoms with Gasteiger partial charge in [0.15, 0.2) is 0 Å². The van der Waals surface area contributed by atoms with Gasteiger partial charge in [-0.3, -0.25) is 20.4 Å². The van der Waals surface area contributed by atoms with Crippen molar-refractivity contribution in [2.75, 3.05) is 0 Å². The highest BCUT2D eigenvalue weighted by Crippen LogP contribution is 2.22. The van der Waals surface area contributed by atoms with Gasteiger partial charge in [0, 0.05) is 12.0 Å². The first kappa shape index (κ1) is 14.6. The summed E-state index contributed by atoms with van der Waals surface area (Å²) in [5.74, 6) is -0.141. The summed E-state index contributed by atoms with van der Waals surface area (Å²) in [5, 5.41) is 0. The molecule has 2 N–H and O–H groups in total. The SMILES string of the molecule is CC(C)CC(=O)NNC(=O)c1ccc2c(c1)CCCC2. The Balaban J connectivity index is 1.94. The largest absolute Gasteiger partial charge is 0.273 e. The van der Waals surface area contributed by atoms with Crippen molar-refractivity contribution < 1.29 is 9.59 Å². The van der Waals surface area contributed by atoms with Gasteiger partial charge in [0.05, 0.1) is 0 Å². The molecule has 1 aliphatic rings. The number of amides is 2. The first-order chi connectivity index (χ1) is 9.56. The van der Waals surface area contributed by atoms with Gasteiger partial charge in [-0.15, -0.1) is 0 Å². The normalized spacial score (nSPS) is 13.8. The minimum atomic E-state index is -0.254. The van der Waals surface area contributed by atoms with Crippen molar-refractivity contribution in [3.63, 3.8) is 0 Å². The number of hydrogen-bond acceptors (Lipinski definition) is 2. The Morgan fingerprint density at radius 1 is 1.10 bits per heavy atom. The van der Waals surface area contributed by atoms with Gasteiger partial charge in [0.2, 0.25) is 5.91 Å². The Labute approximate surface area is 119 Å². The van der Waals surface area contributed by atoms with Crippen molar-refractivity contribution in [2.45, 2.75) is 46.0 Å². The summed E-state index contributed by atoms with van der Waals surface area (Å²) < 4.78 is 0. The summed E-state index contributed by atoms with van der Waals surface area (Å²) in [7, 11) is 0. The van der Waals surface area contributed by atoms with Gasteiger partial charge in [0.1, 0.15) is 0 Å². The molecule has 1 aromatic rings. The smallest absolute Gasteiger partial charge is 0.269 e. The quantitative estimate of drug-likeness (QED) is 0.831. The van der Waals surface area contributed by atoms with Crippen LogP contribution in [0.2, 0.25) is 0 Å². The number of rotatable bonds is 3. The Bertz CT molecular complexity index is 509. The van der Waals surface area contributed by atoms with Gasteiger partial charge in [-0.1, -0.05) is 19.9 Å². The molecular formula is C16H22N2O2. The topological polar surface area (TPSA) is 58.2 Å². The summed E-state index contributed by atoms with van der Waals surface area (Å²) in [6.45, 7) is 3.93. The van der Waals surface area contributed by atoms with Crippen LogP contribution in [0.1, 0.15) is 54.6 Å². The van der Waals surface area contributed by atoms with Crippen LogP contribution in [0.15, 0.2) is 18.2 Å². The summed E-state index contributed by atoms with van der Waals surface area (Å²) in [5.41, 5.74) is 8.14. The van der Waals surface area contributed by atoms with Crippen LogP contribution in [0.5, 0.6) is 0 Å². The zero-order chi connectivity index (χ0) is 14.5. The van der Waals surface area contributed by atoms with E-state index in [1.165, 1.54) is 24.0 Å². The molecule has 2 amide bonds. The molecule has 0 saturated carbocycles. The van der Waals surface area contributed by atoms with Gasteiger partial charge in [-0.05, 0) is 54.9 Å². The number of aryl methyl sites for hydroxylation is 2. The molecule has 2 rings (SSSR count). The van der Waals surface area contributed by atoms with Crippen LogP contribution in [0.3, 0.4) is 0 Å². The third-order valence-corrected chi connectivity index (χ3v) is 3.52. The van der Waals surface area contributed by atoms with Crippen LogP contribution in [-0.4, -0.2) is 11.8 Å². The van der Waals surface area contributed by atoms with Gasteiger partial charge in [0.25, 0.3) is 5.91 Å². The van der Waals surface area contributed by atoms with Gasteiger partial charge in [-0.25, -0.2) is 0 Å². The Morgan fingerprint density at radius 3 is 2.50 bits per heavy atom. The van der Waals surface area contributed by atoms with Crippen molar-refractivity contribution in [3.05, 3.63) is 34.9 Å². The zero-order valence-corrected chi connectivity index (χ0v) is 12.2. The van der Waals surface area contributed by atoms with Gasteiger partial charge in [-0.2, -0.15) is 0 Å². The van der Waals surface area contributed by atoms with Crippen LogP contribution in [0.4, 0.5) is 0 Å². The van der Waals surface area contributed by atoms with E-state index in [9.17, 15) is 9.59 Å². The predicted octanol–water partition coefficient (Wildman–Crippen LogP) is 2.37. The van der Waals surface area contributed by atoms with Crippen molar-refractivity contribution in [1.29, 1.82) is 0 Å². The molecule has 0 heterocycles. The molecule has 0 aromatic heterocycles. The van der Waals surface area contributed by atoms with E-state index in [4.69, 9.17) is 0 Å². The van der Waals surface area contributed by atoms with E-state index in [-0.39, 0.29) is 17.7 Å². The fourth-order valence-electron chi connectivity index (χ4n) is 2.50. The first-order valence-electron chi connectivity index (χ1n) is 7.27. The molecule has 108 valence electrons. The van der Waals surface area contributed by atoms with E-state index in [1.807, 2.05) is 32.0 Å². The van der Waals surface area contributed by atoms with Crippen LogP contribution in [0.25, 0.3) is 0 Å². The van der Waals surface area contributed by atoms with Crippen molar-refractivity contribution in [3.8, 4) is 0 Å². The summed E-state index contributed by atoms with van der Waals surface area (Å²) in [4.78, 5) is 23.5. The molecule has 0 radical (unpaired) electrons. The Hall–Kier alpha value is -1.84. The predicted molar refractivity (Wildman–Crippen MR) is 78.1 cm³/mol. The maximum atomic E-state index is 12.0. The third kappa shape index (κ3) is 3.83. The Morgan fingerprint density at radius 2 is 1.80 bits per heavy atom.